The van der Waals surface area contributed by atoms with Crippen LogP contribution >= 0.6 is 23.2 Å². The fraction of sp³-hybridized carbons (Fsp3) is 0.268. The van der Waals surface area contributed by atoms with E-state index in [1.165, 1.54) is 0 Å². The number of pyridine rings is 1. The third kappa shape index (κ3) is 7.14. The molecule has 0 saturated carbocycles. The third-order valence-corrected chi connectivity index (χ3v) is 10.7. The van der Waals surface area contributed by atoms with Gasteiger partial charge in [-0.3, -0.25) is 9.59 Å². The van der Waals surface area contributed by atoms with E-state index in [9.17, 15) is 9.59 Å². The van der Waals surface area contributed by atoms with Crippen molar-refractivity contribution in [2.75, 3.05) is 29.9 Å². The van der Waals surface area contributed by atoms with Gasteiger partial charge in [-0.25, -0.2) is 9.97 Å². The number of piperidine rings is 1. The quantitative estimate of drug-likeness (QED) is 0.137. The number of hydrogen-bond donors (Lipinski definition) is 3. The number of anilines is 2. The number of ether oxygens (including phenoxy) is 1. The Morgan fingerprint density at radius 2 is 1.70 bits per heavy atom. The van der Waals surface area contributed by atoms with E-state index in [0.717, 1.165) is 59.1 Å². The number of carbonyl (C=O) groups excluding carboxylic acids is 2. The van der Waals surface area contributed by atoms with Crippen LogP contribution in [0.5, 0.6) is 0 Å². The van der Waals surface area contributed by atoms with Crippen molar-refractivity contribution in [3.05, 3.63) is 119 Å². The van der Waals surface area contributed by atoms with E-state index in [4.69, 9.17) is 37.9 Å². The number of nitrogens with one attached hydrogen (secondary N) is 3. The topological polar surface area (TPSA) is 117 Å². The number of imidazole rings is 1. The highest BCUT2D eigenvalue weighted by atomic mass is 35.5. The van der Waals surface area contributed by atoms with Crippen LogP contribution in [-0.2, 0) is 9.53 Å². The fourth-order valence-corrected chi connectivity index (χ4v) is 7.74. The van der Waals surface area contributed by atoms with Crippen molar-refractivity contribution in [2.24, 2.45) is 0 Å². The Morgan fingerprint density at radius 1 is 0.925 bits per heavy atom. The van der Waals surface area contributed by atoms with Gasteiger partial charge in [-0.2, -0.15) is 0 Å². The number of nitrogens with zero attached hydrogens (tertiary/aromatic N) is 4. The Labute approximate surface area is 317 Å². The summed E-state index contributed by atoms with van der Waals surface area (Å²) in [6, 6.07) is 26.9. The molecule has 2 saturated heterocycles. The number of rotatable bonds is 9. The number of benzene rings is 3. The average Bonchev–Trinajstić information content (AvgIpc) is 3.95. The zero-order valence-corrected chi connectivity index (χ0v) is 30.7. The highest BCUT2D eigenvalue weighted by Gasteiger charge is 2.30. The van der Waals surface area contributed by atoms with Crippen molar-refractivity contribution < 1.29 is 14.3 Å². The molecule has 3 N–H and O–H groups in total. The molecular formula is C41H39Cl2N7O3. The summed E-state index contributed by atoms with van der Waals surface area (Å²) in [7, 11) is 0. The predicted molar refractivity (Wildman–Crippen MR) is 210 cm³/mol. The molecule has 0 aliphatic carbocycles. The first-order chi connectivity index (χ1) is 25.8. The third-order valence-electron chi connectivity index (χ3n) is 10.2. The number of hydrogen-bond acceptors (Lipinski definition) is 6. The molecule has 12 heteroatoms. The molecule has 2 aliphatic rings. The first-order valence-corrected chi connectivity index (χ1v) is 18.7. The molecule has 2 aliphatic heterocycles. The molecule has 10 nitrogen and oxygen atoms in total. The minimum Gasteiger partial charge on any atom is -0.368 e. The Kier molecular flexibility index (Phi) is 9.92. The number of amides is 2. The minimum absolute atomic E-state index is 0.0264. The molecule has 5 heterocycles. The van der Waals surface area contributed by atoms with E-state index >= 15 is 0 Å². The predicted octanol–water partition coefficient (Wildman–Crippen LogP) is 8.53. The van der Waals surface area contributed by atoms with Gasteiger partial charge in [-0.05, 0) is 74.6 Å². The van der Waals surface area contributed by atoms with E-state index < -0.39 is 0 Å². The Hall–Kier alpha value is -5.16. The first-order valence-electron chi connectivity index (χ1n) is 18.0. The van der Waals surface area contributed by atoms with Crippen LogP contribution in [0.3, 0.4) is 0 Å². The zero-order valence-electron chi connectivity index (χ0n) is 29.2. The SMILES string of the molecule is CC(c1ccc(Cl)cc1)n1cnc(-c2ccccc2)c1-c1c(C(=O)Nc2cccnc2N2CCC(NC(=O)C3CCCO3)CC2)[nH]c2cc(Cl)ccc12. The van der Waals surface area contributed by atoms with Gasteiger partial charge in [0.25, 0.3) is 5.91 Å². The molecule has 0 radical (unpaired) electrons. The maximum Gasteiger partial charge on any atom is 0.272 e. The molecule has 0 bridgehead atoms. The van der Waals surface area contributed by atoms with E-state index in [2.05, 4.69) is 32.0 Å². The van der Waals surface area contributed by atoms with Crippen molar-refractivity contribution in [3.8, 4) is 22.5 Å². The van der Waals surface area contributed by atoms with Crippen molar-refractivity contribution >= 4 is 57.4 Å². The van der Waals surface area contributed by atoms with Crippen molar-refractivity contribution in [1.29, 1.82) is 0 Å². The van der Waals surface area contributed by atoms with Crippen molar-refractivity contribution in [1.82, 2.24) is 24.8 Å². The summed E-state index contributed by atoms with van der Waals surface area (Å²) in [5, 5.41) is 8.40. The summed E-state index contributed by atoms with van der Waals surface area (Å²) in [5.41, 5.74) is 5.88. The second-order valence-corrected chi connectivity index (χ2v) is 14.5. The lowest BCUT2D eigenvalue weighted by atomic mass is 9.99. The second-order valence-electron chi connectivity index (χ2n) is 13.6. The summed E-state index contributed by atoms with van der Waals surface area (Å²) in [6.45, 7) is 4.09. The summed E-state index contributed by atoms with van der Waals surface area (Å²) in [5.74, 6) is 0.324. The molecule has 2 unspecified atom stereocenters. The van der Waals surface area contributed by atoms with Gasteiger partial charge in [0, 0.05) is 64.0 Å². The number of aromatic amines is 1. The van der Waals surface area contributed by atoms with Gasteiger partial charge in [0.1, 0.15) is 11.8 Å². The smallest absolute Gasteiger partial charge is 0.272 e. The van der Waals surface area contributed by atoms with Gasteiger partial charge in [0.2, 0.25) is 5.91 Å². The molecule has 2 fully saturated rings. The van der Waals surface area contributed by atoms with Crippen LogP contribution < -0.4 is 15.5 Å². The van der Waals surface area contributed by atoms with Gasteiger partial charge in [-0.1, -0.05) is 71.7 Å². The van der Waals surface area contributed by atoms with E-state index in [0.29, 0.717) is 52.5 Å². The molecule has 0 spiro atoms. The second kappa shape index (κ2) is 15.1. The number of H-pyrrole nitrogens is 1. The van der Waals surface area contributed by atoms with Crippen LogP contribution in [0.1, 0.15) is 54.7 Å². The standard InChI is InChI=1S/C41H39Cl2N7O3/c1-25(26-11-13-28(42)14-12-26)50-24-45-36(27-7-3-2-4-8-27)38(50)35-31-16-15-29(43)23-33(31)47-37(35)41(52)48-32-9-5-19-44-39(32)49-20-17-30(18-21-49)46-40(51)34-10-6-22-53-34/h2-5,7-9,11-16,19,23-25,30,34,47H,6,10,17-18,20-22H2,1H3,(H,46,51)(H,48,52). The lowest BCUT2D eigenvalue weighted by Crippen LogP contribution is -2.47. The number of aromatic nitrogens is 4. The zero-order chi connectivity index (χ0) is 36.5. The monoisotopic (exact) mass is 747 g/mol. The van der Waals surface area contributed by atoms with Crippen LogP contribution in [0.4, 0.5) is 11.5 Å². The maximum atomic E-state index is 14.6. The summed E-state index contributed by atoms with van der Waals surface area (Å²) in [6.07, 6.45) is 6.41. The fourth-order valence-electron chi connectivity index (χ4n) is 7.44. The highest BCUT2D eigenvalue weighted by Crippen LogP contribution is 2.42. The summed E-state index contributed by atoms with van der Waals surface area (Å²) < 4.78 is 7.68. The molecule has 2 amide bonds. The molecule has 3 aromatic heterocycles. The normalized spacial score (nSPS) is 16.9. The molecule has 6 aromatic rings. The molecule has 2 atom stereocenters. The van der Waals surface area contributed by atoms with E-state index in [1.807, 2.05) is 91.3 Å². The number of fused-ring (bicyclic) bond motifs is 1. The van der Waals surface area contributed by atoms with E-state index in [1.54, 1.807) is 6.20 Å². The number of carbonyl (C=O) groups is 2. The summed E-state index contributed by atoms with van der Waals surface area (Å²) in [4.78, 5) is 42.5. The van der Waals surface area contributed by atoms with E-state index in [-0.39, 0.29) is 30.0 Å². The maximum absolute atomic E-state index is 14.6. The summed E-state index contributed by atoms with van der Waals surface area (Å²) >= 11 is 12.8. The molecule has 8 rings (SSSR count). The van der Waals surface area contributed by atoms with Crippen molar-refractivity contribution in [3.63, 3.8) is 0 Å². The van der Waals surface area contributed by atoms with Gasteiger partial charge in [0.05, 0.1) is 29.4 Å². The van der Waals surface area contributed by atoms with Crippen molar-refractivity contribution in [2.45, 2.75) is 50.8 Å². The lowest BCUT2D eigenvalue weighted by Gasteiger charge is -2.34. The Morgan fingerprint density at radius 3 is 2.45 bits per heavy atom. The van der Waals surface area contributed by atoms with Crippen LogP contribution in [0, 0.1) is 0 Å². The van der Waals surface area contributed by atoms with Gasteiger partial charge >= 0.3 is 0 Å². The minimum atomic E-state index is -0.348. The molecule has 53 heavy (non-hydrogen) atoms. The largest absolute Gasteiger partial charge is 0.368 e. The Bertz CT molecular complexity index is 2260. The van der Waals surface area contributed by atoms with Crippen LogP contribution in [0.2, 0.25) is 10.0 Å². The average molecular weight is 749 g/mol. The van der Waals surface area contributed by atoms with Gasteiger partial charge < -0.3 is 29.8 Å². The highest BCUT2D eigenvalue weighted by molar-refractivity contribution is 6.31. The Balaban J connectivity index is 1.14. The molecule has 3 aromatic carbocycles. The molecular weight excluding hydrogens is 709 g/mol. The van der Waals surface area contributed by atoms with Crippen LogP contribution in [-0.4, -0.2) is 63.2 Å². The lowest BCUT2D eigenvalue weighted by molar-refractivity contribution is -0.130. The van der Waals surface area contributed by atoms with Crippen LogP contribution in [0.25, 0.3) is 33.4 Å². The van der Waals surface area contributed by atoms with Gasteiger partial charge in [-0.15, -0.1) is 0 Å². The van der Waals surface area contributed by atoms with Gasteiger partial charge in [0.15, 0.2) is 5.82 Å². The first kappa shape index (κ1) is 34.9. The molecule has 270 valence electrons. The number of halogens is 2. The van der Waals surface area contributed by atoms with Crippen LogP contribution in [0.15, 0.2) is 97.5 Å².